The van der Waals surface area contributed by atoms with Crippen LogP contribution in [0.5, 0.6) is 5.75 Å². The molecule has 0 aliphatic carbocycles. The number of hydrogen-bond donors (Lipinski definition) is 0. The van der Waals surface area contributed by atoms with Crippen molar-refractivity contribution in [1.29, 1.82) is 0 Å². The fourth-order valence-corrected chi connectivity index (χ4v) is 1.77. The van der Waals surface area contributed by atoms with E-state index in [-0.39, 0.29) is 0 Å². The molecule has 1 aromatic rings. The third kappa shape index (κ3) is 2.51. The molecular formula is C12H14BrNO. The molecule has 1 rings (SSSR count). The Balaban J connectivity index is 3.21. The van der Waals surface area contributed by atoms with Crippen LogP contribution in [0.15, 0.2) is 18.2 Å². The van der Waals surface area contributed by atoms with Gasteiger partial charge in [0.05, 0.1) is 7.11 Å². The van der Waals surface area contributed by atoms with Crippen molar-refractivity contribution in [2.24, 2.45) is 0 Å². The van der Waals surface area contributed by atoms with Crippen LogP contribution in [0.25, 0.3) is 4.85 Å². The van der Waals surface area contributed by atoms with Crippen LogP contribution in [0, 0.1) is 6.57 Å². The Morgan fingerprint density at radius 2 is 2.13 bits per heavy atom. The third-order valence-corrected chi connectivity index (χ3v) is 3.01. The monoisotopic (exact) mass is 267 g/mol. The van der Waals surface area contributed by atoms with Gasteiger partial charge in [-0.1, -0.05) is 15.9 Å². The number of benzene rings is 1. The fourth-order valence-electron chi connectivity index (χ4n) is 1.33. The lowest BCUT2D eigenvalue weighted by molar-refractivity contribution is 0.411. The third-order valence-electron chi connectivity index (χ3n) is 2.41. The zero-order chi connectivity index (χ0) is 11.5. The first-order valence-corrected chi connectivity index (χ1v) is 5.79. The van der Waals surface area contributed by atoms with Gasteiger partial charge in [-0.15, -0.1) is 0 Å². The maximum atomic E-state index is 7.15. The maximum absolute atomic E-state index is 7.15. The quantitative estimate of drug-likeness (QED) is 0.601. The highest BCUT2D eigenvalue weighted by atomic mass is 79.9. The Morgan fingerprint density at radius 3 is 2.60 bits per heavy atom. The van der Waals surface area contributed by atoms with Gasteiger partial charge in [-0.3, -0.25) is 0 Å². The number of methoxy groups -OCH3 is 1. The highest BCUT2D eigenvalue weighted by Crippen LogP contribution is 2.30. The summed E-state index contributed by atoms with van der Waals surface area (Å²) < 4.78 is 5.23. The van der Waals surface area contributed by atoms with Crippen LogP contribution in [0.3, 0.4) is 0 Å². The van der Waals surface area contributed by atoms with Crippen molar-refractivity contribution in [2.45, 2.75) is 24.7 Å². The number of ether oxygens (including phenoxy) is 1. The second-order valence-electron chi connectivity index (χ2n) is 3.83. The molecule has 0 heterocycles. The molecule has 0 aliphatic rings. The highest BCUT2D eigenvalue weighted by Gasteiger charge is 2.26. The molecule has 0 spiro atoms. The second-order valence-corrected chi connectivity index (χ2v) is 4.39. The molecule has 0 fully saturated rings. The van der Waals surface area contributed by atoms with E-state index in [2.05, 4.69) is 20.8 Å². The van der Waals surface area contributed by atoms with Crippen molar-refractivity contribution >= 4 is 15.9 Å². The van der Waals surface area contributed by atoms with Crippen LogP contribution in [-0.2, 0) is 10.9 Å². The minimum Gasteiger partial charge on any atom is -0.496 e. The summed E-state index contributed by atoms with van der Waals surface area (Å²) in [6.45, 7) is 11.0. The van der Waals surface area contributed by atoms with Gasteiger partial charge in [0.25, 0.3) is 5.54 Å². The summed E-state index contributed by atoms with van der Waals surface area (Å²) in [7, 11) is 1.65. The van der Waals surface area contributed by atoms with Crippen LogP contribution >= 0.6 is 15.9 Å². The zero-order valence-electron chi connectivity index (χ0n) is 9.17. The molecule has 0 aromatic heterocycles. The summed E-state index contributed by atoms with van der Waals surface area (Å²) in [6.07, 6.45) is 0. The number of halogens is 1. The van der Waals surface area contributed by atoms with E-state index in [0.717, 1.165) is 22.2 Å². The van der Waals surface area contributed by atoms with Crippen molar-refractivity contribution in [2.75, 3.05) is 7.11 Å². The lowest BCUT2D eigenvalue weighted by Gasteiger charge is -2.14. The first kappa shape index (κ1) is 12.1. The first-order valence-electron chi connectivity index (χ1n) is 4.67. The van der Waals surface area contributed by atoms with Gasteiger partial charge in [0.2, 0.25) is 0 Å². The minimum absolute atomic E-state index is 0.469. The first-order chi connectivity index (χ1) is 7.05. The van der Waals surface area contributed by atoms with E-state index in [4.69, 9.17) is 11.3 Å². The normalized spacial score (nSPS) is 10.9. The molecule has 0 unspecified atom stereocenters. The summed E-state index contributed by atoms with van der Waals surface area (Å²) >= 11 is 3.41. The standard InChI is InChI=1S/C12H14BrNO/c1-12(2,14-3)10-5-6-11(15-4)9(7-10)8-13/h5-7H,8H2,1-2,4H3. The van der Waals surface area contributed by atoms with Gasteiger partial charge in [0.1, 0.15) is 5.75 Å². The summed E-state index contributed by atoms with van der Waals surface area (Å²) in [6, 6.07) is 5.88. The van der Waals surface area contributed by atoms with Crippen molar-refractivity contribution in [3.8, 4) is 5.75 Å². The van der Waals surface area contributed by atoms with Crippen molar-refractivity contribution in [3.05, 3.63) is 40.7 Å². The molecule has 2 nitrogen and oxygen atoms in total. The van der Waals surface area contributed by atoms with Crippen LogP contribution in [0.4, 0.5) is 0 Å². The van der Waals surface area contributed by atoms with E-state index in [1.54, 1.807) is 7.11 Å². The Bertz CT molecular complexity index is 393. The zero-order valence-corrected chi connectivity index (χ0v) is 10.8. The van der Waals surface area contributed by atoms with Crippen molar-refractivity contribution in [1.82, 2.24) is 0 Å². The van der Waals surface area contributed by atoms with E-state index in [0.29, 0.717) is 0 Å². The molecular weight excluding hydrogens is 254 g/mol. The molecule has 0 amide bonds. The lowest BCUT2D eigenvalue weighted by atomic mass is 9.94. The Morgan fingerprint density at radius 1 is 1.47 bits per heavy atom. The number of nitrogens with zero attached hydrogens (tertiary/aromatic N) is 1. The molecule has 80 valence electrons. The maximum Gasteiger partial charge on any atom is 0.252 e. The molecule has 0 saturated carbocycles. The van der Waals surface area contributed by atoms with Gasteiger partial charge >= 0.3 is 0 Å². The van der Waals surface area contributed by atoms with E-state index >= 15 is 0 Å². The molecule has 1 aromatic carbocycles. The van der Waals surface area contributed by atoms with Crippen molar-refractivity contribution in [3.63, 3.8) is 0 Å². The van der Waals surface area contributed by atoms with Crippen LogP contribution in [0.2, 0.25) is 0 Å². The van der Waals surface area contributed by atoms with Gasteiger partial charge in [-0.05, 0) is 18.2 Å². The minimum atomic E-state index is -0.469. The Hall–Kier alpha value is -1.01. The largest absolute Gasteiger partial charge is 0.496 e. The molecule has 0 aliphatic heterocycles. The lowest BCUT2D eigenvalue weighted by Crippen LogP contribution is -2.11. The number of rotatable bonds is 3. The number of hydrogen-bond acceptors (Lipinski definition) is 1. The topological polar surface area (TPSA) is 13.6 Å². The predicted molar refractivity (Wildman–Crippen MR) is 65.3 cm³/mol. The molecule has 3 heteroatoms. The van der Waals surface area contributed by atoms with Gasteiger partial charge in [0.15, 0.2) is 0 Å². The summed E-state index contributed by atoms with van der Waals surface area (Å²) in [5.74, 6) is 0.858. The second kappa shape index (κ2) is 4.67. The molecule has 0 bridgehead atoms. The Kier molecular flexibility index (Phi) is 3.76. The molecule has 0 radical (unpaired) electrons. The fraction of sp³-hybridized carbons (Fsp3) is 0.417. The van der Waals surface area contributed by atoms with E-state index in [1.165, 1.54) is 0 Å². The summed E-state index contributed by atoms with van der Waals surface area (Å²) in [5.41, 5.74) is 1.63. The van der Waals surface area contributed by atoms with E-state index in [9.17, 15) is 0 Å². The highest BCUT2D eigenvalue weighted by molar-refractivity contribution is 9.08. The average Bonchev–Trinajstić information content (AvgIpc) is 2.28. The Labute approximate surface area is 99.2 Å². The molecule has 0 N–H and O–H groups in total. The van der Waals surface area contributed by atoms with Crippen molar-refractivity contribution < 1.29 is 4.74 Å². The molecule has 0 atom stereocenters. The van der Waals surface area contributed by atoms with Crippen LogP contribution < -0.4 is 4.74 Å². The summed E-state index contributed by atoms with van der Waals surface area (Å²) in [5, 5.41) is 0.734. The van der Waals surface area contributed by atoms with E-state index in [1.807, 2.05) is 32.0 Å². The average molecular weight is 268 g/mol. The van der Waals surface area contributed by atoms with Gasteiger partial charge in [-0.25, -0.2) is 6.57 Å². The summed E-state index contributed by atoms with van der Waals surface area (Å²) in [4.78, 5) is 3.62. The predicted octanol–water partition coefficient (Wildman–Crippen LogP) is 3.74. The molecule has 15 heavy (non-hydrogen) atoms. The van der Waals surface area contributed by atoms with Crippen LogP contribution in [-0.4, -0.2) is 7.11 Å². The van der Waals surface area contributed by atoms with Crippen LogP contribution in [0.1, 0.15) is 25.0 Å². The van der Waals surface area contributed by atoms with Gasteiger partial charge in [0, 0.05) is 30.3 Å². The SMILES string of the molecule is [C-]#[N+]C(C)(C)c1ccc(OC)c(CBr)c1. The van der Waals surface area contributed by atoms with E-state index < -0.39 is 5.54 Å². The number of alkyl halides is 1. The molecule has 0 saturated heterocycles. The van der Waals surface area contributed by atoms with Gasteiger partial charge < -0.3 is 9.58 Å². The smallest absolute Gasteiger partial charge is 0.252 e. The van der Waals surface area contributed by atoms with Gasteiger partial charge in [-0.2, -0.15) is 0 Å².